The van der Waals surface area contributed by atoms with Gasteiger partial charge in [-0.05, 0) is 36.6 Å². The molecule has 0 bridgehead atoms. The average molecular weight is 405 g/mol. The summed E-state index contributed by atoms with van der Waals surface area (Å²) in [5.41, 5.74) is 0. The first kappa shape index (κ1) is 20.9. The standard InChI is InChI=1S/C23H29ClO4/c24-20-14-21(25)19(18(20)11-3-1-2-4-13-23(26)27)15-28-22-12-7-9-16-8-5-6-10-17(16)22/h5-10,12,18-21,25H,1-4,11,13-15H2,(H,26,27). The summed E-state index contributed by atoms with van der Waals surface area (Å²) >= 11 is 6.53. The Bertz CT molecular complexity index is 773. The van der Waals surface area contributed by atoms with Crippen LogP contribution in [0.4, 0.5) is 0 Å². The zero-order valence-corrected chi connectivity index (χ0v) is 16.9. The summed E-state index contributed by atoms with van der Waals surface area (Å²) in [5, 5.41) is 21.4. The first-order chi connectivity index (χ1) is 13.6. The van der Waals surface area contributed by atoms with Gasteiger partial charge in [-0.3, -0.25) is 4.79 Å². The lowest BCUT2D eigenvalue weighted by Crippen LogP contribution is -2.27. The first-order valence-electron chi connectivity index (χ1n) is 10.2. The molecule has 0 saturated heterocycles. The fourth-order valence-corrected chi connectivity index (χ4v) is 4.78. The highest BCUT2D eigenvalue weighted by atomic mass is 35.5. The van der Waals surface area contributed by atoms with Gasteiger partial charge in [0.25, 0.3) is 0 Å². The molecular formula is C23H29ClO4. The van der Waals surface area contributed by atoms with Gasteiger partial charge in [0.15, 0.2) is 0 Å². The van der Waals surface area contributed by atoms with Crippen molar-refractivity contribution in [1.82, 2.24) is 0 Å². The van der Waals surface area contributed by atoms with Crippen molar-refractivity contribution in [3.05, 3.63) is 42.5 Å². The van der Waals surface area contributed by atoms with Gasteiger partial charge in [-0.25, -0.2) is 0 Å². The maximum absolute atomic E-state index is 10.6. The minimum absolute atomic E-state index is 0.0282. The summed E-state index contributed by atoms with van der Waals surface area (Å²) in [6.45, 7) is 0.460. The highest BCUT2D eigenvalue weighted by Crippen LogP contribution is 2.40. The Morgan fingerprint density at radius 1 is 1.04 bits per heavy atom. The van der Waals surface area contributed by atoms with Crippen LogP contribution in [0.5, 0.6) is 5.75 Å². The molecule has 152 valence electrons. The van der Waals surface area contributed by atoms with Gasteiger partial charge in [0.05, 0.1) is 12.7 Å². The molecule has 0 heterocycles. The van der Waals surface area contributed by atoms with E-state index in [9.17, 15) is 9.90 Å². The summed E-state index contributed by atoms with van der Waals surface area (Å²) in [6, 6.07) is 14.2. The van der Waals surface area contributed by atoms with Crippen LogP contribution in [-0.4, -0.2) is 34.3 Å². The second kappa shape index (κ2) is 10.1. The van der Waals surface area contributed by atoms with Gasteiger partial charge in [0, 0.05) is 23.1 Å². The lowest BCUT2D eigenvalue weighted by molar-refractivity contribution is -0.137. The van der Waals surface area contributed by atoms with Crippen LogP contribution in [0, 0.1) is 11.8 Å². The van der Waals surface area contributed by atoms with Gasteiger partial charge >= 0.3 is 5.97 Å². The number of hydrogen-bond acceptors (Lipinski definition) is 3. The second-order valence-corrected chi connectivity index (χ2v) is 8.34. The molecule has 4 atom stereocenters. The molecule has 1 aliphatic carbocycles. The van der Waals surface area contributed by atoms with Gasteiger partial charge < -0.3 is 14.9 Å². The van der Waals surface area contributed by atoms with E-state index in [-0.39, 0.29) is 23.6 Å². The molecule has 1 fully saturated rings. The van der Waals surface area contributed by atoms with Crippen molar-refractivity contribution in [2.45, 2.75) is 56.4 Å². The number of alkyl halides is 1. The SMILES string of the molecule is O=C(O)CCCCCCC1C(Cl)CC(O)C1COc1cccc2ccccc12. The van der Waals surface area contributed by atoms with Crippen molar-refractivity contribution in [3.63, 3.8) is 0 Å². The van der Waals surface area contributed by atoms with E-state index in [1.165, 1.54) is 0 Å². The summed E-state index contributed by atoms with van der Waals surface area (Å²) < 4.78 is 6.14. The van der Waals surface area contributed by atoms with Gasteiger partial charge in [-0.15, -0.1) is 11.6 Å². The van der Waals surface area contributed by atoms with Crippen LogP contribution < -0.4 is 4.74 Å². The summed E-state index contributed by atoms with van der Waals surface area (Å²) in [7, 11) is 0. The molecule has 0 aliphatic heterocycles. The molecule has 3 rings (SSSR count). The largest absolute Gasteiger partial charge is 0.493 e. The topological polar surface area (TPSA) is 66.8 Å². The van der Waals surface area contributed by atoms with Crippen LogP contribution in [0.15, 0.2) is 42.5 Å². The van der Waals surface area contributed by atoms with E-state index in [4.69, 9.17) is 21.4 Å². The third-order valence-corrected chi connectivity index (χ3v) is 6.34. The fraction of sp³-hybridized carbons (Fsp3) is 0.522. The number of hydrogen-bond donors (Lipinski definition) is 2. The van der Waals surface area contributed by atoms with Crippen molar-refractivity contribution < 1.29 is 19.7 Å². The molecule has 0 radical (unpaired) electrons. The highest BCUT2D eigenvalue weighted by molar-refractivity contribution is 6.21. The highest BCUT2D eigenvalue weighted by Gasteiger charge is 2.41. The maximum Gasteiger partial charge on any atom is 0.303 e. The minimum atomic E-state index is -0.731. The zero-order chi connectivity index (χ0) is 19.9. The van der Waals surface area contributed by atoms with Gasteiger partial charge in [-0.2, -0.15) is 0 Å². The van der Waals surface area contributed by atoms with Crippen molar-refractivity contribution in [3.8, 4) is 5.75 Å². The van der Waals surface area contributed by atoms with Crippen LogP contribution in [-0.2, 0) is 4.79 Å². The molecule has 0 aromatic heterocycles. The third-order valence-electron chi connectivity index (χ3n) is 5.83. The van der Waals surface area contributed by atoms with Gasteiger partial charge in [-0.1, -0.05) is 55.7 Å². The lowest BCUT2D eigenvalue weighted by atomic mass is 9.90. The van der Waals surface area contributed by atoms with E-state index in [0.29, 0.717) is 13.0 Å². The third kappa shape index (κ3) is 5.39. The van der Waals surface area contributed by atoms with Gasteiger partial charge in [0.1, 0.15) is 5.75 Å². The Kier molecular flexibility index (Phi) is 7.57. The van der Waals surface area contributed by atoms with Crippen LogP contribution in [0.1, 0.15) is 44.9 Å². The van der Waals surface area contributed by atoms with E-state index in [2.05, 4.69) is 18.2 Å². The number of ether oxygens (including phenoxy) is 1. The molecular weight excluding hydrogens is 376 g/mol. The van der Waals surface area contributed by atoms with E-state index in [1.807, 2.05) is 24.3 Å². The van der Waals surface area contributed by atoms with Crippen molar-refractivity contribution in [1.29, 1.82) is 0 Å². The van der Waals surface area contributed by atoms with Crippen molar-refractivity contribution >= 4 is 28.3 Å². The molecule has 2 N–H and O–H groups in total. The minimum Gasteiger partial charge on any atom is -0.493 e. The van der Waals surface area contributed by atoms with E-state index in [1.54, 1.807) is 0 Å². The summed E-state index contributed by atoms with van der Waals surface area (Å²) in [5.74, 6) is 0.368. The Morgan fingerprint density at radius 2 is 1.79 bits per heavy atom. The molecule has 4 nitrogen and oxygen atoms in total. The van der Waals surface area contributed by atoms with Crippen molar-refractivity contribution in [2.75, 3.05) is 6.61 Å². The molecule has 5 heteroatoms. The van der Waals surface area contributed by atoms with Crippen LogP contribution in [0.2, 0.25) is 0 Å². The van der Waals surface area contributed by atoms with E-state index in [0.717, 1.165) is 48.6 Å². The van der Waals surface area contributed by atoms with Crippen LogP contribution in [0.25, 0.3) is 10.8 Å². The van der Waals surface area contributed by atoms with E-state index >= 15 is 0 Å². The number of aliphatic carboxylic acids is 1. The van der Waals surface area contributed by atoms with Crippen molar-refractivity contribution in [2.24, 2.45) is 11.8 Å². The predicted molar refractivity (Wildman–Crippen MR) is 112 cm³/mol. The number of carboxylic acids is 1. The predicted octanol–water partition coefficient (Wildman–Crippen LogP) is 5.25. The number of carboxylic acid groups (broad SMARTS) is 1. The lowest BCUT2D eigenvalue weighted by Gasteiger charge is -2.24. The Hall–Kier alpha value is -1.78. The summed E-state index contributed by atoms with van der Waals surface area (Å²) in [4.78, 5) is 10.6. The van der Waals surface area contributed by atoms with E-state index < -0.39 is 12.1 Å². The number of halogens is 1. The average Bonchev–Trinajstić information content (AvgIpc) is 2.95. The Morgan fingerprint density at radius 3 is 2.61 bits per heavy atom. The van der Waals surface area contributed by atoms with Gasteiger partial charge in [0.2, 0.25) is 0 Å². The van der Waals surface area contributed by atoms with Crippen LogP contribution in [0.3, 0.4) is 0 Å². The number of rotatable bonds is 10. The zero-order valence-electron chi connectivity index (χ0n) is 16.1. The molecule has 0 spiro atoms. The molecule has 4 unspecified atom stereocenters. The Labute approximate surface area is 171 Å². The quantitative estimate of drug-likeness (QED) is 0.419. The normalized spacial score (nSPS) is 24.5. The maximum atomic E-state index is 10.6. The number of unbranched alkanes of at least 4 members (excludes halogenated alkanes) is 3. The molecule has 1 aliphatic rings. The number of aliphatic hydroxyl groups excluding tert-OH is 1. The number of benzene rings is 2. The fourth-order valence-electron chi connectivity index (χ4n) is 4.28. The Balaban J connectivity index is 1.54. The molecule has 28 heavy (non-hydrogen) atoms. The molecule has 2 aromatic carbocycles. The second-order valence-electron chi connectivity index (χ2n) is 7.78. The number of carbonyl (C=O) groups is 1. The molecule has 2 aromatic rings. The molecule has 0 amide bonds. The molecule has 1 saturated carbocycles. The van der Waals surface area contributed by atoms with Crippen LogP contribution >= 0.6 is 11.6 Å². The summed E-state index contributed by atoms with van der Waals surface area (Å²) in [6.07, 6.45) is 5.00. The monoisotopic (exact) mass is 404 g/mol. The smallest absolute Gasteiger partial charge is 0.303 e. The number of aliphatic hydroxyl groups is 1. The first-order valence-corrected chi connectivity index (χ1v) is 10.6. The number of fused-ring (bicyclic) bond motifs is 1.